The summed E-state index contributed by atoms with van der Waals surface area (Å²) in [5.41, 5.74) is 5.21. The fraction of sp³-hybridized carbons (Fsp3) is 0.103. The molecule has 6 nitrogen and oxygen atoms in total. The van der Waals surface area contributed by atoms with Crippen molar-refractivity contribution < 1.29 is 9.90 Å². The van der Waals surface area contributed by atoms with Gasteiger partial charge < -0.3 is 5.11 Å². The number of carboxylic acids is 1. The van der Waals surface area contributed by atoms with E-state index in [-0.39, 0.29) is 5.69 Å². The van der Waals surface area contributed by atoms with Crippen molar-refractivity contribution in [1.29, 1.82) is 0 Å². The highest BCUT2D eigenvalue weighted by Gasteiger charge is 2.44. The third-order valence-corrected chi connectivity index (χ3v) is 7.30. The lowest BCUT2D eigenvalue weighted by atomic mass is 9.76. The molecule has 0 amide bonds. The van der Waals surface area contributed by atoms with E-state index >= 15 is 0 Å². The van der Waals surface area contributed by atoms with Crippen LogP contribution in [0.15, 0.2) is 97.2 Å². The molecule has 0 saturated heterocycles. The molecule has 0 spiro atoms. The van der Waals surface area contributed by atoms with E-state index < -0.39 is 11.5 Å². The summed E-state index contributed by atoms with van der Waals surface area (Å²) in [4.78, 5) is 21.7. The van der Waals surface area contributed by atoms with E-state index in [9.17, 15) is 9.90 Å². The molecule has 1 aliphatic carbocycles. The number of hydrogen-bond acceptors (Lipinski definition) is 4. The predicted octanol–water partition coefficient (Wildman–Crippen LogP) is 5.58. The maximum absolute atomic E-state index is 12.5. The molecule has 0 radical (unpaired) electrons. The van der Waals surface area contributed by atoms with Crippen molar-refractivity contribution in [2.45, 2.75) is 18.4 Å². The molecule has 0 atom stereocenters. The first-order chi connectivity index (χ1) is 17.6. The van der Waals surface area contributed by atoms with E-state index in [1.54, 1.807) is 0 Å². The molecule has 0 bridgehead atoms. The summed E-state index contributed by atoms with van der Waals surface area (Å²) in [5, 5.41) is 15.1. The van der Waals surface area contributed by atoms with Gasteiger partial charge in [-0.05, 0) is 35.1 Å². The van der Waals surface area contributed by atoms with Gasteiger partial charge in [0.15, 0.2) is 9.53 Å². The van der Waals surface area contributed by atoms with E-state index in [0.717, 1.165) is 33.6 Å². The van der Waals surface area contributed by atoms with Gasteiger partial charge in [0.2, 0.25) is 0 Å². The van der Waals surface area contributed by atoms with Gasteiger partial charge in [-0.25, -0.2) is 19.4 Å². The third kappa shape index (κ3) is 3.45. The van der Waals surface area contributed by atoms with Gasteiger partial charge in [-0.15, -0.1) is 0 Å². The summed E-state index contributed by atoms with van der Waals surface area (Å²) in [7, 11) is 0. The molecule has 1 aliphatic rings. The van der Waals surface area contributed by atoms with Crippen LogP contribution in [0, 0.1) is 3.83 Å². The maximum atomic E-state index is 12.5. The van der Waals surface area contributed by atoms with Crippen molar-refractivity contribution in [3.05, 3.63) is 135 Å². The van der Waals surface area contributed by atoms with Crippen molar-refractivity contribution in [3.63, 3.8) is 0 Å². The topological polar surface area (TPSA) is 80.9 Å². The average molecular weight is 584 g/mol. The number of carboxylic acid groups (broad SMARTS) is 1. The fourth-order valence-corrected chi connectivity index (χ4v) is 5.66. The monoisotopic (exact) mass is 584 g/mol. The minimum absolute atomic E-state index is 0.0661. The molecule has 0 unspecified atom stereocenters. The van der Waals surface area contributed by atoms with Gasteiger partial charge in [-0.3, -0.25) is 0 Å². The SMILES string of the molecule is O=C(O)c1nn(C(c2ccccc2)(c2ccccc2)c2ccccc2)c2c1CCc1cnc(I)nc1-2. The molecular formula is C29H21IN4O2. The molecular weight excluding hydrogens is 563 g/mol. The number of benzene rings is 3. The van der Waals surface area contributed by atoms with Gasteiger partial charge >= 0.3 is 5.97 Å². The average Bonchev–Trinajstić information content (AvgIpc) is 3.32. The van der Waals surface area contributed by atoms with Crippen LogP contribution in [-0.2, 0) is 18.4 Å². The lowest BCUT2D eigenvalue weighted by Crippen LogP contribution is -2.39. The molecule has 0 saturated carbocycles. The standard InChI is InChI=1S/C29H21IN4O2/c30-28-31-18-19-16-17-23-25(27(35)36)33-34(26(23)24(19)32-28)29(20-10-4-1-5-11-20,21-12-6-2-7-13-21)22-14-8-3-9-15-22/h1-15,18H,16-17H2,(H,35,36). The highest BCUT2D eigenvalue weighted by atomic mass is 127. The minimum atomic E-state index is -1.04. The molecule has 0 fully saturated rings. The fourth-order valence-electron chi connectivity index (χ4n) is 5.28. The van der Waals surface area contributed by atoms with Crippen molar-refractivity contribution >= 4 is 28.6 Å². The van der Waals surface area contributed by atoms with Gasteiger partial charge in [0.1, 0.15) is 5.54 Å². The Bertz CT molecular complexity index is 1470. The zero-order chi connectivity index (χ0) is 24.7. The molecule has 1 N–H and O–H groups in total. The van der Waals surface area contributed by atoms with Crippen LogP contribution in [0.25, 0.3) is 11.4 Å². The van der Waals surface area contributed by atoms with Gasteiger partial charge in [-0.1, -0.05) is 91.0 Å². The first-order valence-corrected chi connectivity index (χ1v) is 12.7. The molecule has 176 valence electrons. The maximum Gasteiger partial charge on any atom is 0.356 e. The number of fused-ring (bicyclic) bond motifs is 3. The molecule has 0 aliphatic heterocycles. The first kappa shape index (κ1) is 22.6. The molecule has 7 heteroatoms. The normalized spacial score (nSPS) is 12.6. The van der Waals surface area contributed by atoms with E-state index in [2.05, 4.69) is 64.0 Å². The summed E-state index contributed by atoms with van der Waals surface area (Å²) in [6.07, 6.45) is 3.07. The van der Waals surface area contributed by atoms with Crippen LogP contribution < -0.4 is 0 Å². The number of halogens is 1. The summed E-state index contributed by atoms with van der Waals surface area (Å²) < 4.78 is 2.50. The third-order valence-electron chi connectivity index (χ3n) is 6.78. The number of carbonyl (C=O) groups is 1. The Morgan fingerprint density at radius 2 is 1.36 bits per heavy atom. The minimum Gasteiger partial charge on any atom is -0.476 e. The van der Waals surface area contributed by atoms with E-state index in [1.807, 2.05) is 65.5 Å². The second kappa shape index (κ2) is 8.98. The Hall–Kier alpha value is -3.85. The van der Waals surface area contributed by atoms with Gasteiger partial charge in [-0.2, -0.15) is 5.10 Å². The number of nitrogens with zero attached hydrogens (tertiary/aromatic N) is 4. The number of rotatable bonds is 5. The molecule has 2 heterocycles. The van der Waals surface area contributed by atoms with Crippen molar-refractivity contribution in [2.75, 3.05) is 0 Å². The van der Waals surface area contributed by atoms with Gasteiger partial charge in [0.25, 0.3) is 0 Å². The van der Waals surface area contributed by atoms with Crippen molar-refractivity contribution in [1.82, 2.24) is 19.7 Å². The Labute approximate surface area is 221 Å². The second-order valence-electron chi connectivity index (χ2n) is 8.71. The number of aromatic carboxylic acids is 1. The molecule has 6 rings (SSSR count). The largest absolute Gasteiger partial charge is 0.476 e. The first-order valence-electron chi connectivity index (χ1n) is 11.6. The van der Waals surface area contributed by atoms with E-state index in [1.165, 1.54) is 0 Å². The summed E-state index contributed by atoms with van der Waals surface area (Å²) in [6.45, 7) is 0. The summed E-state index contributed by atoms with van der Waals surface area (Å²) in [5.74, 6) is -1.04. The van der Waals surface area contributed by atoms with Crippen molar-refractivity contribution in [2.24, 2.45) is 0 Å². The van der Waals surface area contributed by atoms with Crippen LogP contribution in [0.2, 0.25) is 0 Å². The number of hydrogen-bond donors (Lipinski definition) is 1. The Morgan fingerprint density at radius 1 is 0.833 bits per heavy atom. The van der Waals surface area contributed by atoms with Crippen LogP contribution >= 0.6 is 22.6 Å². The zero-order valence-electron chi connectivity index (χ0n) is 19.2. The van der Waals surface area contributed by atoms with Gasteiger partial charge in [0.05, 0.1) is 11.4 Å². The van der Waals surface area contributed by atoms with Gasteiger partial charge in [0, 0.05) is 34.4 Å². The Kier molecular flexibility index (Phi) is 5.64. The lowest BCUT2D eigenvalue weighted by molar-refractivity contribution is 0.0688. The summed E-state index contributed by atoms with van der Waals surface area (Å²) >= 11 is 2.10. The Morgan fingerprint density at radius 3 is 1.86 bits per heavy atom. The molecule has 3 aromatic carbocycles. The highest BCUT2D eigenvalue weighted by molar-refractivity contribution is 14.1. The number of aromatic nitrogens is 4. The van der Waals surface area contributed by atoms with Crippen LogP contribution in [-0.4, -0.2) is 30.8 Å². The Balaban J connectivity index is 1.82. The second-order valence-corrected chi connectivity index (χ2v) is 9.68. The quantitative estimate of drug-likeness (QED) is 0.166. The smallest absolute Gasteiger partial charge is 0.356 e. The van der Waals surface area contributed by atoms with Crippen molar-refractivity contribution in [3.8, 4) is 11.4 Å². The van der Waals surface area contributed by atoms with Crippen LogP contribution in [0.5, 0.6) is 0 Å². The summed E-state index contributed by atoms with van der Waals surface area (Å²) in [6, 6.07) is 30.4. The number of aryl methyl sites for hydroxylation is 1. The molecule has 2 aromatic heterocycles. The predicted molar refractivity (Wildman–Crippen MR) is 145 cm³/mol. The lowest BCUT2D eigenvalue weighted by Gasteiger charge is -2.38. The highest BCUT2D eigenvalue weighted by Crippen LogP contribution is 2.46. The van der Waals surface area contributed by atoms with Crippen LogP contribution in [0.1, 0.15) is 38.3 Å². The van der Waals surface area contributed by atoms with Crippen LogP contribution in [0.4, 0.5) is 0 Å². The molecule has 5 aromatic rings. The van der Waals surface area contributed by atoms with E-state index in [0.29, 0.717) is 22.2 Å². The molecule has 36 heavy (non-hydrogen) atoms. The zero-order valence-corrected chi connectivity index (χ0v) is 21.3. The van der Waals surface area contributed by atoms with E-state index in [4.69, 9.17) is 10.1 Å². The van der Waals surface area contributed by atoms with Crippen LogP contribution in [0.3, 0.4) is 0 Å².